The van der Waals surface area contributed by atoms with E-state index in [1.54, 1.807) is 11.6 Å². The van der Waals surface area contributed by atoms with E-state index in [0.29, 0.717) is 24.3 Å². The maximum absolute atomic E-state index is 12.3. The molecule has 22 heavy (non-hydrogen) atoms. The minimum absolute atomic E-state index is 0.292. The van der Waals surface area contributed by atoms with Gasteiger partial charge in [0.05, 0.1) is 19.0 Å². The van der Waals surface area contributed by atoms with Crippen LogP contribution in [0.1, 0.15) is 12.8 Å². The van der Waals surface area contributed by atoms with Gasteiger partial charge >= 0.3 is 5.69 Å². The summed E-state index contributed by atoms with van der Waals surface area (Å²) in [6.45, 7) is 2.90. The van der Waals surface area contributed by atoms with Crippen LogP contribution in [0.5, 0.6) is 0 Å². The van der Waals surface area contributed by atoms with E-state index in [9.17, 15) is 14.7 Å². The Morgan fingerprint density at radius 2 is 1.86 bits per heavy atom. The number of likely N-dealkylation sites (tertiary alicyclic amines) is 1. The van der Waals surface area contributed by atoms with E-state index in [1.165, 1.54) is 30.8 Å². The second kappa shape index (κ2) is 5.69. The predicted molar refractivity (Wildman–Crippen MR) is 81.9 cm³/mol. The summed E-state index contributed by atoms with van der Waals surface area (Å²) in [4.78, 5) is 30.6. The molecule has 1 fully saturated rings. The van der Waals surface area contributed by atoms with E-state index in [-0.39, 0.29) is 5.56 Å². The first-order valence-electron chi connectivity index (χ1n) is 7.50. The van der Waals surface area contributed by atoms with E-state index in [4.69, 9.17) is 0 Å². The smallest absolute Gasteiger partial charge is 0.332 e. The molecule has 0 radical (unpaired) electrons. The summed E-state index contributed by atoms with van der Waals surface area (Å²) in [5.41, 5.74) is -0.0871. The normalized spacial score (nSPS) is 17.4. The third-order valence-electron chi connectivity index (χ3n) is 4.29. The Balaban J connectivity index is 1.91. The number of nitrogens with zero attached hydrogens (tertiary/aromatic N) is 5. The van der Waals surface area contributed by atoms with E-state index < -0.39 is 11.8 Å². The molecular formula is C14H21N5O3. The van der Waals surface area contributed by atoms with Crippen molar-refractivity contribution in [2.24, 2.45) is 14.1 Å². The number of aryl methyl sites for hydroxylation is 1. The molecule has 0 bridgehead atoms. The quantitative estimate of drug-likeness (QED) is 0.774. The van der Waals surface area contributed by atoms with Crippen LogP contribution in [-0.4, -0.2) is 54.4 Å². The monoisotopic (exact) mass is 307 g/mol. The molecule has 2 aromatic heterocycles. The maximum Gasteiger partial charge on any atom is 0.332 e. The van der Waals surface area contributed by atoms with E-state index in [2.05, 4.69) is 9.88 Å². The zero-order chi connectivity index (χ0) is 15.9. The molecule has 8 heteroatoms. The van der Waals surface area contributed by atoms with Crippen molar-refractivity contribution in [3.05, 3.63) is 27.2 Å². The molecule has 3 rings (SSSR count). The summed E-state index contributed by atoms with van der Waals surface area (Å²) < 4.78 is 4.05. The molecule has 1 saturated heterocycles. The van der Waals surface area contributed by atoms with Gasteiger partial charge in [-0.1, -0.05) is 0 Å². The first kappa shape index (κ1) is 15.0. The molecule has 1 atom stereocenters. The van der Waals surface area contributed by atoms with Crippen molar-refractivity contribution in [1.82, 2.24) is 23.6 Å². The minimum Gasteiger partial charge on any atom is -0.390 e. The lowest BCUT2D eigenvalue weighted by Gasteiger charge is -2.19. The number of hydrogen-bond donors (Lipinski definition) is 1. The van der Waals surface area contributed by atoms with Gasteiger partial charge in [-0.15, -0.1) is 0 Å². The molecule has 0 spiro atoms. The number of rotatable bonds is 4. The third kappa shape index (κ3) is 2.48. The Bertz CT molecular complexity index is 797. The van der Waals surface area contributed by atoms with Gasteiger partial charge < -0.3 is 14.6 Å². The van der Waals surface area contributed by atoms with Gasteiger partial charge in [0, 0.05) is 20.6 Å². The lowest BCUT2D eigenvalue weighted by molar-refractivity contribution is 0.110. The van der Waals surface area contributed by atoms with Crippen molar-refractivity contribution in [2.75, 3.05) is 19.6 Å². The average molecular weight is 307 g/mol. The largest absolute Gasteiger partial charge is 0.390 e. The first-order chi connectivity index (χ1) is 10.5. The highest BCUT2D eigenvalue weighted by Crippen LogP contribution is 2.10. The Kier molecular flexibility index (Phi) is 3.88. The molecule has 8 nitrogen and oxygen atoms in total. The van der Waals surface area contributed by atoms with E-state index in [0.717, 1.165) is 17.7 Å². The molecule has 0 amide bonds. The molecule has 1 N–H and O–H groups in total. The second-order valence-electron chi connectivity index (χ2n) is 5.94. The number of aromatic nitrogens is 4. The van der Waals surface area contributed by atoms with Crippen LogP contribution in [0.2, 0.25) is 0 Å². The molecule has 120 valence electrons. The molecule has 2 aromatic rings. The number of aliphatic hydroxyl groups excluding tert-OH is 1. The van der Waals surface area contributed by atoms with Crippen molar-refractivity contribution in [3.63, 3.8) is 0 Å². The Hall–Kier alpha value is -1.93. The highest BCUT2D eigenvalue weighted by molar-refractivity contribution is 5.69. The van der Waals surface area contributed by atoms with Crippen LogP contribution in [0.15, 0.2) is 15.9 Å². The van der Waals surface area contributed by atoms with Crippen molar-refractivity contribution >= 4 is 11.2 Å². The van der Waals surface area contributed by atoms with Gasteiger partial charge in [0.25, 0.3) is 5.56 Å². The fourth-order valence-corrected chi connectivity index (χ4v) is 3.08. The summed E-state index contributed by atoms with van der Waals surface area (Å²) in [5, 5.41) is 10.3. The van der Waals surface area contributed by atoms with Crippen LogP contribution in [0.4, 0.5) is 0 Å². The zero-order valence-electron chi connectivity index (χ0n) is 12.9. The van der Waals surface area contributed by atoms with Gasteiger partial charge in [-0.05, 0) is 25.9 Å². The van der Waals surface area contributed by atoms with Gasteiger partial charge in [-0.2, -0.15) is 0 Å². The lowest BCUT2D eigenvalue weighted by Crippen LogP contribution is -2.38. The van der Waals surface area contributed by atoms with Crippen LogP contribution in [0.25, 0.3) is 11.2 Å². The summed E-state index contributed by atoms with van der Waals surface area (Å²) in [6, 6.07) is 0. The summed E-state index contributed by atoms with van der Waals surface area (Å²) >= 11 is 0. The number of β-amino-alcohol motifs (C(OH)–C–C–N with tert-alkyl or cyclic N) is 1. The highest BCUT2D eigenvalue weighted by Gasteiger charge is 2.19. The van der Waals surface area contributed by atoms with Crippen molar-refractivity contribution < 1.29 is 5.11 Å². The third-order valence-corrected chi connectivity index (χ3v) is 4.29. The maximum atomic E-state index is 12.3. The van der Waals surface area contributed by atoms with Crippen molar-refractivity contribution in [1.29, 1.82) is 0 Å². The Labute approximate surface area is 127 Å². The zero-order valence-corrected chi connectivity index (χ0v) is 12.9. The Morgan fingerprint density at radius 1 is 1.18 bits per heavy atom. The van der Waals surface area contributed by atoms with E-state index in [1.807, 2.05) is 0 Å². The van der Waals surface area contributed by atoms with Gasteiger partial charge in [-0.3, -0.25) is 13.9 Å². The van der Waals surface area contributed by atoms with Crippen LogP contribution >= 0.6 is 0 Å². The fourth-order valence-electron chi connectivity index (χ4n) is 3.08. The predicted octanol–water partition coefficient (Wildman–Crippen LogP) is -1.11. The molecule has 0 aliphatic carbocycles. The van der Waals surface area contributed by atoms with Crippen LogP contribution in [0.3, 0.4) is 0 Å². The second-order valence-corrected chi connectivity index (χ2v) is 5.94. The minimum atomic E-state index is -0.572. The topological polar surface area (TPSA) is 85.3 Å². The number of aliphatic hydroxyl groups is 1. The van der Waals surface area contributed by atoms with Gasteiger partial charge in [-0.25, -0.2) is 9.78 Å². The van der Waals surface area contributed by atoms with Crippen molar-refractivity contribution in [3.8, 4) is 0 Å². The summed E-state index contributed by atoms with van der Waals surface area (Å²) in [5.74, 6) is 0. The van der Waals surface area contributed by atoms with Crippen LogP contribution in [-0.2, 0) is 20.6 Å². The SMILES string of the molecule is Cn1c(=O)c2c(ncn2C[C@@H](O)CN2CCCC2)n(C)c1=O. The fraction of sp³-hybridized carbons (Fsp3) is 0.643. The van der Waals surface area contributed by atoms with Gasteiger partial charge in [0.15, 0.2) is 11.2 Å². The summed E-state index contributed by atoms with van der Waals surface area (Å²) in [7, 11) is 3.03. The average Bonchev–Trinajstić information content (AvgIpc) is 3.12. The Morgan fingerprint density at radius 3 is 2.55 bits per heavy atom. The molecule has 0 saturated carbocycles. The first-order valence-corrected chi connectivity index (χ1v) is 7.50. The van der Waals surface area contributed by atoms with Crippen LogP contribution < -0.4 is 11.2 Å². The number of fused-ring (bicyclic) bond motifs is 1. The highest BCUT2D eigenvalue weighted by atomic mass is 16.3. The molecule has 3 heterocycles. The number of hydrogen-bond acceptors (Lipinski definition) is 5. The standard InChI is InChI=1S/C14H21N5O3/c1-16-12-11(13(21)17(2)14(16)22)19(9-15-12)8-10(20)7-18-5-3-4-6-18/h9-10,20H,3-8H2,1-2H3/t10-/m0/s1. The van der Waals surface area contributed by atoms with E-state index >= 15 is 0 Å². The van der Waals surface area contributed by atoms with Crippen molar-refractivity contribution in [2.45, 2.75) is 25.5 Å². The molecule has 0 aromatic carbocycles. The molecule has 1 aliphatic heterocycles. The summed E-state index contributed by atoms with van der Waals surface area (Å²) in [6.07, 6.45) is 3.28. The van der Waals surface area contributed by atoms with Gasteiger partial charge in [0.1, 0.15) is 0 Å². The number of imidazole rings is 1. The molecule has 1 aliphatic rings. The van der Waals surface area contributed by atoms with Gasteiger partial charge in [0.2, 0.25) is 0 Å². The molecular weight excluding hydrogens is 286 g/mol. The van der Waals surface area contributed by atoms with Crippen LogP contribution in [0, 0.1) is 0 Å². The molecule has 0 unspecified atom stereocenters. The lowest BCUT2D eigenvalue weighted by atomic mass is 10.3.